The minimum Gasteiger partial charge on any atom is -0.307 e. The highest BCUT2D eigenvalue weighted by molar-refractivity contribution is 4.98. The third-order valence-corrected chi connectivity index (χ3v) is 3.02. The fourth-order valence-electron chi connectivity index (χ4n) is 2.06. The summed E-state index contributed by atoms with van der Waals surface area (Å²) in [4.78, 5) is 0. The molecule has 0 spiro atoms. The van der Waals surface area contributed by atoms with Crippen LogP contribution in [0.25, 0.3) is 0 Å². The molecular formula is C12H23FN2. The minimum absolute atomic E-state index is 0.130. The number of piperidine rings is 1. The Morgan fingerprint density at radius 2 is 2.13 bits per heavy atom. The van der Waals surface area contributed by atoms with Crippen molar-refractivity contribution in [2.45, 2.75) is 58.0 Å². The molecule has 1 aliphatic heterocycles. The highest BCUT2D eigenvalue weighted by atomic mass is 19.1. The Kier molecular flexibility index (Phi) is 4.74. The number of nitrogens with one attached hydrogen (secondary N) is 2. The molecule has 0 aromatic carbocycles. The Hall–Kier alpha value is -0.410. The molecule has 0 amide bonds. The van der Waals surface area contributed by atoms with Crippen molar-refractivity contribution >= 4 is 0 Å². The van der Waals surface area contributed by atoms with Crippen LogP contribution in [0.4, 0.5) is 4.39 Å². The van der Waals surface area contributed by atoms with Crippen LogP contribution in [0.2, 0.25) is 0 Å². The normalized spacial score (nSPS) is 34.1. The summed E-state index contributed by atoms with van der Waals surface area (Å²) in [6.45, 7) is 9.94. The Bertz CT molecular complexity index is 206. The lowest BCUT2D eigenvalue weighted by molar-refractivity contribution is 0.114. The van der Waals surface area contributed by atoms with Gasteiger partial charge in [0.25, 0.3) is 0 Å². The van der Waals surface area contributed by atoms with E-state index in [2.05, 4.69) is 31.1 Å². The van der Waals surface area contributed by atoms with Gasteiger partial charge in [-0.3, -0.25) is 5.32 Å². The summed E-state index contributed by atoms with van der Waals surface area (Å²) < 4.78 is 13.5. The van der Waals surface area contributed by atoms with E-state index >= 15 is 0 Å². The average molecular weight is 214 g/mol. The van der Waals surface area contributed by atoms with Gasteiger partial charge in [-0.1, -0.05) is 26.8 Å². The first-order chi connectivity index (χ1) is 7.04. The maximum absolute atomic E-state index is 13.5. The molecule has 1 rings (SSSR count). The lowest BCUT2D eigenvalue weighted by Crippen LogP contribution is -2.55. The molecule has 88 valence electrons. The van der Waals surface area contributed by atoms with E-state index in [0.717, 1.165) is 12.8 Å². The van der Waals surface area contributed by atoms with Crippen LogP contribution in [0.3, 0.4) is 0 Å². The van der Waals surface area contributed by atoms with Gasteiger partial charge in [-0.15, -0.1) is 6.58 Å². The number of hydrogen-bond acceptors (Lipinski definition) is 2. The Morgan fingerprint density at radius 1 is 1.47 bits per heavy atom. The number of alkyl halides is 1. The molecule has 2 N–H and O–H groups in total. The van der Waals surface area contributed by atoms with Crippen LogP contribution < -0.4 is 10.6 Å². The number of hydrogen-bond donors (Lipinski definition) is 2. The van der Waals surface area contributed by atoms with Crippen LogP contribution in [-0.2, 0) is 0 Å². The maximum Gasteiger partial charge on any atom is 0.154 e. The largest absolute Gasteiger partial charge is 0.307 e. The Morgan fingerprint density at radius 3 is 2.60 bits per heavy atom. The van der Waals surface area contributed by atoms with Crippen LogP contribution in [0.1, 0.15) is 33.6 Å². The number of rotatable bonds is 4. The first-order valence-electron chi connectivity index (χ1n) is 5.83. The van der Waals surface area contributed by atoms with Gasteiger partial charge in [0.15, 0.2) is 6.30 Å². The molecular weight excluding hydrogens is 191 g/mol. The summed E-state index contributed by atoms with van der Waals surface area (Å²) in [6.07, 6.45) is 2.96. The predicted octanol–water partition coefficient (Wildman–Crippen LogP) is 2.22. The third kappa shape index (κ3) is 3.58. The summed E-state index contributed by atoms with van der Waals surface area (Å²) in [5.41, 5.74) is 0. The second kappa shape index (κ2) is 5.61. The van der Waals surface area contributed by atoms with Crippen molar-refractivity contribution in [1.29, 1.82) is 0 Å². The molecule has 1 fully saturated rings. The zero-order valence-electron chi connectivity index (χ0n) is 9.96. The Labute approximate surface area is 92.3 Å². The third-order valence-electron chi connectivity index (χ3n) is 3.02. The van der Waals surface area contributed by atoms with Gasteiger partial charge in [-0.25, -0.2) is 4.39 Å². The molecule has 0 aliphatic carbocycles. The molecule has 1 heterocycles. The monoisotopic (exact) mass is 214 g/mol. The van der Waals surface area contributed by atoms with Crippen molar-refractivity contribution < 1.29 is 4.39 Å². The molecule has 4 atom stereocenters. The summed E-state index contributed by atoms with van der Waals surface area (Å²) in [6, 6.07) is 0.735. The van der Waals surface area contributed by atoms with E-state index in [1.807, 2.05) is 13.0 Å². The SMILES string of the molecule is C=CC(NC(C)C)C1CCC(C)C(F)N1. The van der Waals surface area contributed by atoms with Crippen molar-refractivity contribution in [3.8, 4) is 0 Å². The number of halogens is 1. The van der Waals surface area contributed by atoms with Crippen molar-refractivity contribution in [2.75, 3.05) is 0 Å². The predicted molar refractivity (Wildman–Crippen MR) is 62.5 cm³/mol. The van der Waals surface area contributed by atoms with Crippen LogP contribution in [0.15, 0.2) is 12.7 Å². The van der Waals surface area contributed by atoms with Crippen LogP contribution in [-0.4, -0.2) is 24.4 Å². The second-order valence-corrected chi connectivity index (χ2v) is 4.81. The van der Waals surface area contributed by atoms with Gasteiger partial charge < -0.3 is 5.32 Å². The first-order valence-corrected chi connectivity index (χ1v) is 5.83. The van der Waals surface area contributed by atoms with Crippen LogP contribution in [0, 0.1) is 5.92 Å². The smallest absolute Gasteiger partial charge is 0.154 e. The summed E-state index contributed by atoms with van der Waals surface area (Å²) >= 11 is 0. The minimum atomic E-state index is -0.875. The van der Waals surface area contributed by atoms with E-state index in [0.29, 0.717) is 6.04 Å². The van der Waals surface area contributed by atoms with Gasteiger partial charge >= 0.3 is 0 Å². The fourth-order valence-corrected chi connectivity index (χ4v) is 2.06. The molecule has 2 nitrogen and oxygen atoms in total. The molecule has 1 aliphatic rings. The maximum atomic E-state index is 13.5. The standard InChI is InChI=1S/C12H23FN2/c1-5-10(14-8(2)3)11-7-6-9(4)12(13)15-11/h5,8-12,14-15H,1,6-7H2,2-4H3. The van der Waals surface area contributed by atoms with Gasteiger partial charge in [0.1, 0.15) is 0 Å². The van der Waals surface area contributed by atoms with Gasteiger partial charge in [-0.2, -0.15) is 0 Å². The molecule has 4 unspecified atom stereocenters. The molecule has 0 aromatic rings. The van der Waals surface area contributed by atoms with Crippen molar-refractivity contribution in [3.05, 3.63) is 12.7 Å². The molecule has 3 heteroatoms. The lowest BCUT2D eigenvalue weighted by atomic mass is 9.91. The zero-order chi connectivity index (χ0) is 11.4. The summed E-state index contributed by atoms with van der Waals surface area (Å²) in [7, 11) is 0. The van der Waals surface area contributed by atoms with Crippen molar-refractivity contribution in [1.82, 2.24) is 10.6 Å². The van der Waals surface area contributed by atoms with E-state index < -0.39 is 6.30 Å². The van der Waals surface area contributed by atoms with Crippen LogP contribution >= 0.6 is 0 Å². The first kappa shape index (κ1) is 12.7. The summed E-state index contributed by atoms with van der Waals surface area (Å²) in [5, 5.41) is 6.41. The van der Waals surface area contributed by atoms with E-state index in [9.17, 15) is 4.39 Å². The van der Waals surface area contributed by atoms with Crippen molar-refractivity contribution in [3.63, 3.8) is 0 Å². The average Bonchev–Trinajstić information content (AvgIpc) is 2.18. The van der Waals surface area contributed by atoms with E-state index in [1.165, 1.54) is 0 Å². The van der Waals surface area contributed by atoms with Gasteiger partial charge in [0.2, 0.25) is 0 Å². The van der Waals surface area contributed by atoms with Crippen LogP contribution in [0.5, 0.6) is 0 Å². The molecule has 0 radical (unpaired) electrons. The molecule has 0 bridgehead atoms. The van der Waals surface area contributed by atoms with Crippen molar-refractivity contribution in [2.24, 2.45) is 5.92 Å². The Balaban J connectivity index is 2.50. The molecule has 15 heavy (non-hydrogen) atoms. The second-order valence-electron chi connectivity index (χ2n) is 4.81. The van der Waals surface area contributed by atoms with Gasteiger partial charge in [-0.05, 0) is 12.8 Å². The fraction of sp³-hybridized carbons (Fsp3) is 0.833. The quantitative estimate of drug-likeness (QED) is 0.554. The van der Waals surface area contributed by atoms with E-state index in [4.69, 9.17) is 0 Å². The highest BCUT2D eigenvalue weighted by Gasteiger charge is 2.30. The van der Waals surface area contributed by atoms with Gasteiger partial charge in [0.05, 0.1) is 0 Å². The lowest BCUT2D eigenvalue weighted by Gasteiger charge is -2.36. The highest BCUT2D eigenvalue weighted by Crippen LogP contribution is 2.22. The molecule has 1 saturated heterocycles. The summed E-state index contributed by atoms with van der Waals surface area (Å²) in [5.74, 6) is 0.130. The van der Waals surface area contributed by atoms with E-state index in [-0.39, 0.29) is 18.0 Å². The molecule has 0 aromatic heterocycles. The molecule has 0 saturated carbocycles. The zero-order valence-corrected chi connectivity index (χ0v) is 9.96. The van der Waals surface area contributed by atoms with E-state index in [1.54, 1.807) is 0 Å². The topological polar surface area (TPSA) is 24.1 Å². The van der Waals surface area contributed by atoms with Gasteiger partial charge in [0, 0.05) is 24.0 Å².